The summed E-state index contributed by atoms with van der Waals surface area (Å²) in [6.07, 6.45) is 0. The van der Waals surface area contributed by atoms with Crippen LogP contribution in [0.25, 0.3) is 0 Å². The number of rotatable bonds is 3. The zero-order valence-corrected chi connectivity index (χ0v) is 10.0. The van der Waals surface area contributed by atoms with Gasteiger partial charge in [-0.2, -0.15) is 0 Å². The smallest absolute Gasteiger partial charge is 0.185 e. The number of aromatic nitrogens is 1. The number of aryl methyl sites for hydroxylation is 1. The van der Waals surface area contributed by atoms with E-state index in [0.717, 1.165) is 4.88 Å². The number of benzene rings is 1. The van der Waals surface area contributed by atoms with Crippen LogP contribution in [0, 0.1) is 30.2 Å². The molecule has 0 bridgehead atoms. The summed E-state index contributed by atoms with van der Waals surface area (Å²) in [5, 5.41) is 2.35. The van der Waals surface area contributed by atoms with Crippen molar-refractivity contribution in [2.45, 2.75) is 13.5 Å². The number of nitrogens with zero attached hydrogens (tertiary/aromatic N) is 1. The number of thiazole rings is 1. The molecule has 0 radical (unpaired) electrons. The van der Waals surface area contributed by atoms with E-state index in [2.05, 4.69) is 10.3 Å². The SMILES string of the molecule is Cc1ncsc1CNc1c(F)c(F)cc(F)c1F. The van der Waals surface area contributed by atoms with E-state index in [-0.39, 0.29) is 12.6 Å². The Morgan fingerprint density at radius 3 is 2.28 bits per heavy atom. The molecule has 18 heavy (non-hydrogen) atoms. The number of hydrogen-bond donors (Lipinski definition) is 1. The third kappa shape index (κ3) is 2.31. The first-order valence-electron chi connectivity index (χ1n) is 4.96. The van der Waals surface area contributed by atoms with Crippen molar-refractivity contribution < 1.29 is 17.6 Å². The fourth-order valence-electron chi connectivity index (χ4n) is 1.39. The third-order valence-corrected chi connectivity index (χ3v) is 3.32. The Hall–Kier alpha value is -1.63. The fraction of sp³-hybridized carbons (Fsp3) is 0.182. The van der Waals surface area contributed by atoms with Gasteiger partial charge in [0, 0.05) is 10.9 Å². The second-order valence-electron chi connectivity index (χ2n) is 3.56. The average molecular weight is 276 g/mol. The lowest BCUT2D eigenvalue weighted by Gasteiger charge is -2.09. The van der Waals surface area contributed by atoms with Crippen LogP contribution in [0.4, 0.5) is 23.2 Å². The maximum Gasteiger partial charge on any atom is 0.185 e. The summed E-state index contributed by atoms with van der Waals surface area (Å²) < 4.78 is 52.5. The number of nitrogens with one attached hydrogen (secondary N) is 1. The molecular formula is C11H8F4N2S. The molecule has 1 N–H and O–H groups in total. The maximum atomic E-state index is 13.3. The first-order valence-corrected chi connectivity index (χ1v) is 5.84. The van der Waals surface area contributed by atoms with Crippen LogP contribution in [0.3, 0.4) is 0 Å². The molecule has 1 aromatic heterocycles. The largest absolute Gasteiger partial charge is 0.375 e. The first kappa shape index (κ1) is 12.8. The molecule has 0 aliphatic rings. The second-order valence-corrected chi connectivity index (χ2v) is 4.50. The Bertz CT molecular complexity index is 556. The summed E-state index contributed by atoms with van der Waals surface area (Å²) in [7, 11) is 0. The third-order valence-electron chi connectivity index (χ3n) is 2.38. The van der Waals surface area contributed by atoms with Crippen LogP contribution < -0.4 is 5.32 Å². The number of anilines is 1. The molecule has 7 heteroatoms. The molecule has 0 spiro atoms. The van der Waals surface area contributed by atoms with Crippen molar-refractivity contribution in [1.82, 2.24) is 4.98 Å². The van der Waals surface area contributed by atoms with Gasteiger partial charge in [-0.1, -0.05) is 0 Å². The summed E-state index contributed by atoms with van der Waals surface area (Å²) in [6, 6.07) is 0.174. The highest BCUT2D eigenvalue weighted by Crippen LogP contribution is 2.25. The van der Waals surface area contributed by atoms with Crippen LogP contribution in [0.1, 0.15) is 10.6 Å². The number of halogens is 4. The van der Waals surface area contributed by atoms with Gasteiger partial charge >= 0.3 is 0 Å². The Balaban J connectivity index is 2.27. The molecule has 0 fully saturated rings. The van der Waals surface area contributed by atoms with E-state index in [9.17, 15) is 17.6 Å². The summed E-state index contributed by atoms with van der Waals surface area (Å²) in [5.41, 5.74) is 1.47. The molecule has 2 rings (SSSR count). The summed E-state index contributed by atoms with van der Waals surface area (Å²) in [4.78, 5) is 4.69. The van der Waals surface area contributed by atoms with Gasteiger partial charge in [-0.15, -0.1) is 11.3 Å². The van der Waals surface area contributed by atoms with Gasteiger partial charge in [0.25, 0.3) is 0 Å². The van der Waals surface area contributed by atoms with E-state index >= 15 is 0 Å². The van der Waals surface area contributed by atoms with E-state index in [1.807, 2.05) is 0 Å². The zero-order chi connectivity index (χ0) is 13.3. The fourth-order valence-corrected chi connectivity index (χ4v) is 2.11. The molecule has 1 aromatic carbocycles. The van der Waals surface area contributed by atoms with Gasteiger partial charge in [-0.25, -0.2) is 22.5 Å². The van der Waals surface area contributed by atoms with Crippen LogP contribution in [-0.4, -0.2) is 4.98 Å². The van der Waals surface area contributed by atoms with Gasteiger partial charge in [-0.05, 0) is 6.92 Å². The van der Waals surface area contributed by atoms with Crippen molar-refractivity contribution in [3.8, 4) is 0 Å². The minimum absolute atomic E-state index is 0.0488. The lowest BCUT2D eigenvalue weighted by atomic mass is 10.2. The van der Waals surface area contributed by atoms with E-state index in [1.54, 1.807) is 12.4 Å². The molecule has 0 saturated carbocycles. The van der Waals surface area contributed by atoms with Crippen LogP contribution in [0.15, 0.2) is 11.6 Å². The Labute approximate surface area is 104 Å². The quantitative estimate of drug-likeness (QED) is 0.684. The zero-order valence-electron chi connectivity index (χ0n) is 9.23. The predicted molar refractivity (Wildman–Crippen MR) is 60.5 cm³/mol. The van der Waals surface area contributed by atoms with E-state index in [4.69, 9.17) is 0 Å². The molecular weight excluding hydrogens is 268 g/mol. The van der Waals surface area contributed by atoms with Crippen LogP contribution >= 0.6 is 11.3 Å². The van der Waals surface area contributed by atoms with Gasteiger partial charge in [0.15, 0.2) is 23.3 Å². The highest BCUT2D eigenvalue weighted by atomic mass is 32.1. The van der Waals surface area contributed by atoms with Crippen molar-refractivity contribution in [2.75, 3.05) is 5.32 Å². The highest BCUT2D eigenvalue weighted by molar-refractivity contribution is 7.09. The summed E-state index contributed by atoms with van der Waals surface area (Å²) in [6.45, 7) is 1.78. The molecule has 0 amide bonds. The maximum absolute atomic E-state index is 13.3. The Morgan fingerprint density at radius 1 is 1.17 bits per heavy atom. The average Bonchev–Trinajstić information content (AvgIpc) is 2.73. The molecule has 0 atom stereocenters. The van der Waals surface area contributed by atoms with Crippen molar-refractivity contribution >= 4 is 17.0 Å². The molecule has 2 nitrogen and oxygen atoms in total. The lowest BCUT2D eigenvalue weighted by Crippen LogP contribution is -2.07. The molecule has 0 aliphatic carbocycles. The molecule has 0 unspecified atom stereocenters. The number of hydrogen-bond acceptors (Lipinski definition) is 3. The minimum atomic E-state index is -1.43. The van der Waals surface area contributed by atoms with E-state index < -0.39 is 29.0 Å². The van der Waals surface area contributed by atoms with Crippen LogP contribution in [0.5, 0.6) is 0 Å². The van der Waals surface area contributed by atoms with Gasteiger partial charge < -0.3 is 5.32 Å². The van der Waals surface area contributed by atoms with Crippen molar-refractivity contribution in [3.05, 3.63) is 45.4 Å². The molecule has 0 saturated heterocycles. The van der Waals surface area contributed by atoms with Crippen LogP contribution in [0.2, 0.25) is 0 Å². The van der Waals surface area contributed by atoms with Gasteiger partial charge in [0.05, 0.1) is 17.7 Å². The summed E-state index contributed by atoms with van der Waals surface area (Å²) in [5.74, 6) is -5.73. The lowest BCUT2D eigenvalue weighted by molar-refractivity contribution is 0.458. The monoisotopic (exact) mass is 276 g/mol. The molecule has 96 valence electrons. The normalized spacial score (nSPS) is 10.7. The second kappa shape index (κ2) is 4.93. The van der Waals surface area contributed by atoms with Crippen molar-refractivity contribution in [1.29, 1.82) is 0 Å². The van der Waals surface area contributed by atoms with Gasteiger partial charge in [0.1, 0.15) is 5.69 Å². The molecule has 1 heterocycles. The van der Waals surface area contributed by atoms with Crippen LogP contribution in [-0.2, 0) is 6.54 Å². The Morgan fingerprint density at radius 2 is 1.78 bits per heavy atom. The standard InChI is InChI=1S/C11H8F4N2S/c1-5-8(18-4-17-5)3-16-11-9(14)6(12)2-7(13)10(11)15/h2,4,16H,3H2,1H3. The minimum Gasteiger partial charge on any atom is -0.375 e. The van der Waals surface area contributed by atoms with E-state index in [1.165, 1.54) is 11.3 Å². The molecule has 0 aliphatic heterocycles. The summed E-state index contributed by atoms with van der Waals surface area (Å²) >= 11 is 1.28. The van der Waals surface area contributed by atoms with Crippen molar-refractivity contribution in [3.63, 3.8) is 0 Å². The first-order chi connectivity index (χ1) is 8.50. The van der Waals surface area contributed by atoms with Gasteiger partial charge in [-0.3, -0.25) is 0 Å². The molecule has 2 aromatic rings. The topological polar surface area (TPSA) is 24.9 Å². The highest BCUT2D eigenvalue weighted by Gasteiger charge is 2.19. The predicted octanol–water partition coefficient (Wildman–Crippen LogP) is 3.62. The van der Waals surface area contributed by atoms with Crippen molar-refractivity contribution in [2.24, 2.45) is 0 Å². The Kier molecular flexibility index (Phi) is 3.51. The van der Waals surface area contributed by atoms with E-state index in [0.29, 0.717) is 5.69 Å². The van der Waals surface area contributed by atoms with Gasteiger partial charge in [0.2, 0.25) is 0 Å².